The summed E-state index contributed by atoms with van der Waals surface area (Å²) in [4.78, 5) is 0. The molecule has 0 aromatic rings. The number of rotatable bonds is 9. The van der Waals surface area contributed by atoms with E-state index in [1.54, 1.807) is 11.1 Å². The van der Waals surface area contributed by atoms with Crippen LogP contribution >= 0.6 is 0 Å². The minimum absolute atomic E-state index is 0.699. The zero-order valence-electron chi connectivity index (χ0n) is 14.1. The van der Waals surface area contributed by atoms with Crippen molar-refractivity contribution in [2.75, 3.05) is 0 Å². The van der Waals surface area contributed by atoms with E-state index in [2.05, 4.69) is 52.0 Å². The minimum Gasteiger partial charge on any atom is -0.0851 e. The van der Waals surface area contributed by atoms with Gasteiger partial charge in [-0.2, -0.15) is 0 Å². The molecule has 1 aliphatic carbocycles. The summed E-state index contributed by atoms with van der Waals surface area (Å²) in [5, 5.41) is 0. The Morgan fingerprint density at radius 1 is 1.20 bits per heavy atom. The Labute approximate surface area is 127 Å². The third kappa shape index (κ3) is 7.12. The van der Waals surface area contributed by atoms with Gasteiger partial charge in [0.25, 0.3) is 0 Å². The highest BCUT2D eigenvalue weighted by Gasteiger charge is 2.06. The van der Waals surface area contributed by atoms with Gasteiger partial charge >= 0.3 is 0 Å². The Hall–Kier alpha value is -0.780. The molecule has 0 fully saturated rings. The summed E-state index contributed by atoms with van der Waals surface area (Å²) in [6.45, 7) is 9.36. The summed E-state index contributed by atoms with van der Waals surface area (Å²) in [6.07, 6.45) is 19.9. The van der Waals surface area contributed by atoms with Gasteiger partial charge < -0.3 is 0 Å². The molecule has 0 nitrogen and oxygen atoms in total. The van der Waals surface area contributed by atoms with Crippen molar-refractivity contribution in [2.45, 2.75) is 79.1 Å². The molecule has 0 heterocycles. The second-order valence-electron chi connectivity index (χ2n) is 6.66. The van der Waals surface area contributed by atoms with Crippen molar-refractivity contribution in [1.29, 1.82) is 0 Å². The predicted octanol–water partition coefficient (Wildman–Crippen LogP) is 6.84. The molecule has 0 aromatic carbocycles. The summed E-state index contributed by atoms with van der Waals surface area (Å²) in [7, 11) is 0. The standard InChI is InChI=1S/C20H34/c1-5-10-18(4)11-9-14-20(17(2)3)16-15-19-12-7-6-8-13-19/h7,12-14,17-18H,5-6,8-11,15-16H2,1-4H3/b20-14-. The van der Waals surface area contributed by atoms with Crippen LogP contribution in [0.4, 0.5) is 0 Å². The van der Waals surface area contributed by atoms with Gasteiger partial charge in [0.2, 0.25) is 0 Å². The smallest absolute Gasteiger partial charge is 0.0245 e. The summed E-state index contributed by atoms with van der Waals surface area (Å²) in [5.41, 5.74) is 3.20. The van der Waals surface area contributed by atoms with Crippen LogP contribution in [0.15, 0.2) is 35.5 Å². The van der Waals surface area contributed by atoms with E-state index >= 15 is 0 Å². The second kappa shape index (κ2) is 10.0. The van der Waals surface area contributed by atoms with Gasteiger partial charge in [-0.3, -0.25) is 0 Å². The fourth-order valence-electron chi connectivity index (χ4n) is 2.96. The van der Waals surface area contributed by atoms with Crippen molar-refractivity contribution in [1.82, 2.24) is 0 Å². The Kier molecular flexibility index (Phi) is 8.65. The van der Waals surface area contributed by atoms with E-state index in [9.17, 15) is 0 Å². The molecule has 0 saturated carbocycles. The highest BCUT2D eigenvalue weighted by atomic mass is 14.1. The lowest BCUT2D eigenvalue weighted by molar-refractivity contribution is 0.489. The van der Waals surface area contributed by atoms with Crippen molar-refractivity contribution in [3.8, 4) is 0 Å². The Balaban J connectivity index is 2.39. The highest BCUT2D eigenvalue weighted by Crippen LogP contribution is 2.23. The molecule has 0 aromatic heterocycles. The zero-order valence-corrected chi connectivity index (χ0v) is 14.1. The molecule has 0 aliphatic heterocycles. The van der Waals surface area contributed by atoms with E-state index in [0.29, 0.717) is 5.92 Å². The molecule has 0 spiro atoms. The van der Waals surface area contributed by atoms with Gasteiger partial charge in [0.1, 0.15) is 0 Å². The third-order valence-electron chi connectivity index (χ3n) is 4.36. The molecular weight excluding hydrogens is 240 g/mol. The first kappa shape index (κ1) is 17.3. The molecule has 1 unspecified atom stereocenters. The largest absolute Gasteiger partial charge is 0.0851 e. The van der Waals surface area contributed by atoms with E-state index in [0.717, 1.165) is 5.92 Å². The molecule has 1 atom stereocenters. The van der Waals surface area contributed by atoms with Crippen molar-refractivity contribution in [3.63, 3.8) is 0 Å². The topological polar surface area (TPSA) is 0 Å². The highest BCUT2D eigenvalue weighted by molar-refractivity contribution is 5.23. The molecule has 20 heavy (non-hydrogen) atoms. The second-order valence-corrected chi connectivity index (χ2v) is 6.66. The van der Waals surface area contributed by atoms with E-state index < -0.39 is 0 Å². The van der Waals surface area contributed by atoms with E-state index in [1.807, 2.05) is 0 Å². The van der Waals surface area contributed by atoms with E-state index in [-0.39, 0.29) is 0 Å². The normalized spacial score (nSPS) is 17.4. The van der Waals surface area contributed by atoms with Gasteiger partial charge in [0.15, 0.2) is 0 Å². The first-order valence-corrected chi connectivity index (χ1v) is 8.68. The van der Waals surface area contributed by atoms with Gasteiger partial charge in [0.05, 0.1) is 0 Å². The van der Waals surface area contributed by atoms with Gasteiger partial charge in [-0.25, -0.2) is 0 Å². The van der Waals surface area contributed by atoms with Gasteiger partial charge in [0, 0.05) is 0 Å². The molecule has 0 bridgehead atoms. The van der Waals surface area contributed by atoms with Crippen LogP contribution in [0.3, 0.4) is 0 Å². The fourth-order valence-corrected chi connectivity index (χ4v) is 2.96. The first-order chi connectivity index (χ1) is 9.63. The quantitative estimate of drug-likeness (QED) is 0.404. The number of allylic oxidation sites excluding steroid dienone is 6. The average Bonchev–Trinajstić information content (AvgIpc) is 2.43. The van der Waals surface area contributed by atoms with Crippen LogP contribution in [0.5, 0.6) is 0 Å². The zero-order chi connectivity index (χ0) is 14.8. The summed E-state index contributed by atoms with van der Waals surface area (Å²) in [6, 6.07) is 0. The lowest BCUT2D eigenvalue weighted by atomic mass is 9.92. The Morgan fingerprint density at radius 3 is 2.60 bits per heavy atom. The van der Waals surface area contributed by atoms with Crippen molar-refractivity contribution < 1.29 is 0 Å². The van der Waals surface area contributed by atoms with Gasteiger partial charge in [-0.1, -0.05) is 76.0 Å². The lowest BCUT2D eigenvalue weighted by Crippen LogP contribution is -1.98. The maximum absolute atomic E-state index is 2.53. The lowest BCUT2D eigenvalue weighted by Gasteiger charge is -2.14. The summed E-state index contributed by atoms with van der Waals surface area (Å²) in [5.74, 6) is 1.58. The van der Waals surface area contributed by atoms with Gasteiger partial charge in [-0.15, -0.1) is 0 Å². The molecule has 0 N–H and O–H groups in total. The molecule has 114 valence electrons. The maximum Gasteiger partial charge on any atom is -0.0245 e. The molecule has 0 amide bonds. The maximum atomic E-state index is 2.53. The molecule has 0 saturated heterocycles. The minimum atomic E-state index is 0.699. The monoisotopic (exact) mass is 274 g/mol. The van der Waals surface area contributed by atoms with Crippen LogP contribution in [-0.4, -0.2) is 0 Å². The Bertz CT molecular complexity index is 341. The van der Waals surface area contributed by atoms with Crippen molar-refractivity contribution in [2.24, 2.45) is 11.8 Å². The summed E-state index contributed by atoms with van der Waals surface area (Å²) < 4.78 is 0. The third-order valence-corrected chi connectivity index (χ3v) is 4.36. The van der Waals surface area contributed by atoms with Gasteiger partial charge in [-0.05, 0) is 50.4 Å². The summed E-state index contributed by atoms with van der Waals surface area (Å²) >= 11 is 0. The Morgan fingerprint density at radius 2 is 2.00 bits per heavy atom. The first-order valence-electron chi connectivity index (χ1n) is 8.68. The van der Waals surface area contributed by atoms with Crippen molar-refractivity contribution >= 4 is 0 Å². The molecule has 1 rings (SSSR count). The number of hydrogen-bond donors (Lipinski definition) is 0. The van der Waals surface area contributed by atoms with Crippen LogP contribution in [0, 0.1) is 11.8 Å². The van der Waals surface area contributed by atoms with Crippen LogP contribution in [0.2, 0.25) is 0 Å². The van der Waals surface area contributed by atoms with Crippen LogP contribution in [0.25, 0.3) is 0 Å². The predicted molar refractivity (Wildman–Crippen MR) is 91.9 cm³/mol. The van der Waals surface area contributed by atoms with Crippen LogP contribution in [0.1, 0.15) is 79.1 Å². The number of hydrogen-bond acceptors (Lipinski definition) is 0. The SMILES string of the molecule is CCCC(C)CC/C=C(/CCC1=CCCC=C1)C(C)C. The van der Waals surface area contributed by atoms with Crippen molar-refractivity contribution in [3.05, 3.63) is 35.5 Å². The molecule has 0 radical (unpaired) electrons. The average molecular weight is 274 g/mol. The molecule has 1 aliphatic rings. The van der Waals surface area contributed by atoms with E-state index in [4.69, 9.17) is 0 Å². The molecule has 0 heteroatoms. The fraction of sp³-hybridized carbons (Fsp3) is 0.700. The van der Waals surface area contributed by atoms with E-state index in [1.165, 1.54) is 51.4 Å². The molecular formula is C20H34. The van der Waals surface area contributed by atoms with Crippen LogP contribution < -0.4 is 0 Å². The van der Waals surface area contributed by atoms with Crippen LogP contribution in [-0.2, 0) is 0 Å².